The fourth-order valence-electron chi connectivity index (χ4n) is 4.19. The fourth-order valence-corrected chi connectivity index (χ4v) is 4.42. The SMILES string of the molecule is CCOc1ccc(C(=O)/C(Cl)=C\c2cc(OC)c(OC)cc2OC)cc1N(C)C.COc1cc(OC)c(OC)cc1CC=C=O. The van der Waals surface area contributed by atoms with E-state index in [4.69, 9.17) is 44.8 Å². The lowest BCUT2D eigenvalue weighted by Crippen LogP contribution is -2.12. The standard InChI is InChI=1S/C22H26ClNO5.C12H14O4/c1-7-29-18-9-8-14(11-17(18)24(2)3)22(25)16(23)10-15-12-20(27-5)21(28-6)13-19(15)26-4;1-14-10-8-12(16-3)11(15-2)7-9(10)5-4-6-13/h8-13H,7H2,1-6H3;4,7-8H,5H2,1-3H3/b16-10+;. The maximum absolute atomic E-state index is 12.9. The van der Waals surface area contributed by atoms with Crippen molar-refractivity contribution >= 4 is 35.1 Å². The summed E-state index contributed by atoms with van der Waals surface area (Å²) in [6.07, 6.45) is 3.40. The van der Waals surface area contributed by atoms with Crippen molar-refractivity contribution in [2.45, 2.75) is 13.3 Å². The number of nitrogens with zero attached hydrogens (tertiary/aromatic N) is 1. The average Bonchev–Trinajstić information content (AvgIpc) is 3.06. The lowest BCUT2D eigenvalue weighted by molar-refractivity contribution is 0.104. The molecule has 3 aromatic carbocycles. The highest BCUT2D eigenvalue weighted by molar-refractivity contribution is 6.47. The quantitative estimate of drug-likeness (QED) is 0.113. The molecule has 0 fully saturated rings. The number of hydrogen-bond donors (Lipinski definition) is 0. The number of carbonyl (C=O) groups excluding carboxylic acids is 2. The summed E-state index contributed by atoms with van der Waals surface area (Å²) in [6.45, 7) is 2.45. The van der Waals surface area contributed by atoms with Crippen molar-refractivity contribution in [1.82, 2.24) is 0 Å². The first-order valence-electron chi connectivity index (χ1n) is 13.8. The van der Waals surface area contributed by atoms with E-state index in [1.54, 1.807) is 75.8 Å². The van der Waals surface area contributed by atoms with Crippen LogP contribution in [-0.2, 0) is 11.2 Å². The summed E-state index contributed by atoms with van der Waals surface area (Å²) in [4.78, 5) is 25.0. The predicted octanol–water partition coefficient (Wildman–Crippen LogP) is 6.28. The Hall–Kier alpha value is -4.79. The minimum atomic E-state index is -0.311. The number of carbonyl (C=O) groups is 1. The van der Waals surface area contributed by atoms with Gasteiger partial charge in [0, 0.05) is 55.4 Å². The van der Waals surface area contributed by atoms with Gasteiger partial charge in [-0.3, -0.25) is 4.79 Å². The van der Waals surface area contributed by atoms with Gasteiger partial charge in [0.1, 0.15) is 23.2 Å². The summed E-state index contributed by atoms with van der Waals surface area (Å²) in [5.74, 6) is 5.52. The molecule has 0 aliphatic carbocycles. The topological polar surface area (TPSA) is 102 Å². The fraction of sp³-hybridized carbons (Fsp3) is 0.324. The van der Waals surface area contributed by atoms with Gasteiger partial charge in [-0.25, -0.2) is 4.79 Å². The van der Waals surface area contributed by atoms with Crippen molar-refractivity contribution in [3.63, 3.8) is 0 Å². The van der Waals surface area contributed by atoms with Crippen molar-refractivity contribution in [1.29, 1.82) is 0 Å². The van der Waals surface area contributed by atoms with Crippen LogP contribution in [0.25, 0.3) is 6.08 Å². The third-order valence-corrected chi connectivity index (χ3v) is 6.71. The van der Waals surface area contributed by atoms with Gasteiger partial charge in [0.05, 0.1) is 60.0 Å². The van der Waals surface area contributed by atoms with E-state index in [0.29, 0.717) is 64.4 Å². The summed E-state index contributed by atoms with van der Waals surface area (Å²) in [6, 6.07) is 12.1. The summed E-state index contributed by atoms with van der Waals surface area (Å²) in [5.41, 5.74) is 2.70. The first-order valence-corrected chi connectivity index (χ1v) is 14.1. The van der Waals surface area contributed by atoms with E-state index < -0.39 is 0 Å². The zero-order valence-corrected chi connectivity index (χ0v) is 27.9. The monoisotopic (exact) mass is 641 g/mol. The molecule has 3 rings (SSSR count). The highest BCUT2D eigenvalue weighted by Crippen LogP contribution is 2.37. The zero-order chi connectivity index (χ0) is 33.5. The zero-order valence-electron chi connectivity index (χ0n) is 27.1. The number of halogens is 1. The number of methoxy groups -OCH3 is 6. The van der Waals surface area contributed by atoms with Gasteiger partial charge < -0.3 is 38.1 Å². The Kier molecular flexibility index (Phi) is 14.7. The number of ether oxygens (including phenoxy) is 7. The van der Waals surface area contributed by atoms with Crippen LogP contribution >= 0.6 is 11.6 Å². The van der Waals surface area contributed by atoms with Crippen LogP contribution in [0.4, 0.5) is 5.69 Å². The average molecular weight is 642 g/mol. The molecule has 0 heterocycles. The Bertz CT molecular complexity index is 1530. The molecule has 0 aromatic heterocycles. The largest absolute Gasteiger partial charge is 0.496 e. The highest BCUT2D eigenvalue weighted by Gasteiger charge is 2.17. The number of ketones is 1. The van der Waals surface area contributed by atoms with Crippen LogP contribution in [0.15, 0.2) is 53.6 Å². The second-order valence-electron chi connectivity index (χ2n) is 9.33. The smallest absolute Gasteiger partial charge is 0.204 e. The Morgan fingerprint density at radius 1 is 0.756 bits per heavy atom. The molecule has 0 radical (unpaired) electrons. The van der Waals surface area contributed by atoms with Gasteiger partial charge >= 0.3 is 0 Å². The van der Waals surface area contributed by atoms with E-state index in [1.807, 2.05) is 25.9 Å². The Morgan fingerprint density at radius 2 is 1.29 bits per heavy atom. The van der Waals surface area contributed by atoms with Gasteiger partial charge in [0.15, 0.2) is 23.0 Å². The van der Waals surface area contributed by atoms with E-state index >= 15 is 0 Å². The Morgan fingerprint density at radius 3 is 1.80 bits per heavy atom. The molecule has 0 bridgehead atoms. The molecule has 0 saturated heterocycles. The van der Waals surface area contributed by atoms with Gasteiger partial charge in [-0.1, -0.05) is 11.6 Å². The first kappa shape index (κ1) is 36.4. The van der Waals surface area contributed by atoms with Gasteiger partial charge in [0.2, 0.25) is 5.78 Å². The molecule has 0 aliphatic rings. The summed E-state index contributed by atoms with van der Waals surface area (Å²) in [5, 5.41) is 0.0457. The second kappa shape index (κ2) is 18.1. The molecule has 0 amide bonds. The molecular formula is C34H40ClNO9. The van der Waals surface area contributed by atoms with E-state index in [2.05, 4.69) is 0 Å². The molecule has 10 nitrogen and oxygen atoms in total. The molecule has 0 unspecified atom stereocenters. The molecule has 3 aromatic rings. The molecule has 0 atom stereocenters. The van der Waals surface area contributed by atoms with E-state index in [9.17, 15) is 9.59 Å². The van der Waals surface area contributed by atoms with Gasteiger partial charge in [-0.05, 0) is 43.3 Å². The molecule has 0 aliphatic heterocycles. The number of anilines is 1. The Labute approximate surface area is 269 Å². The van der Waals surface area contributed by atoms with Crippen molar-refractivity contribution in [3.8, 4) is 40.2 Å². The van der Waals surface area contributed by atoms with Gasteiger partial charge in [-0.15, -0.1) is 0 Å². The van der Waals surface area contributed by atoms with Crippen molar-refractivity contribution in [2.75, 3.05) is 68.3 Å². The van der Waals surface area contributed by atoms with E-state index in [-0.39, 0.29) is 10.8 Å². The number of rotatable bonds is 14. The third kappa shape index (κ3) is 9.60. The lowest BCUT2D eigenvalue weighted by atomic mass is 10.1. The van der Waals surface area contributed by atoms with Crippen molar-refractivity contribution in [2.24, 2.45) is 0 Å². The minimum Gasteiger partial charge on any atom is -0.496 e. The van der Waals surface area contributed by atoms with Crippen LogP contribution in [-0.4, -0.2) is 75.1 Å². The molecule has 0 saturated carbocycles. The summed E-state index contributed by atoms with van der Waals surface area (Å²) < 4.78 is 37.1. The molecule has 11 heteroatoms. The Balaban J connectivity index is 0.000000372. The maximum atomic E-state index is 12.9. The molecule has 45 heavy (non-hydrogen) atoms. The van der Waals surface area contributed by atoms with E-state index in [1.165, 1.54) is 27.4 Å². The molecule has 0 N–H and O–H groups in total. The van der Waals surface area contributed by atoms with Crippen LogP contribution < -0.4 is 38.1 Å². The maximum Gasteiger partial charge on any atom is 0.204 e. The molecule has 0 spiro atoms. The second-order valence-corrected chi connectivity index (χ2v) is 9.73. The lowest BCUT2D eigenvalue weighted by Gasteiger charge is -2.18. The van der Waals surface area contributed by atoms with E-state index in [0.717, 1.165) is 11.3 Å². The molecular weight excluding hydrogens is 602 g/mol. The third-order valence-electron chi connectivity index (χ3n) is 6.43. The minimum absolute atomic E-state index is 0.0457. The number of allylic oxidation sites excluding steroid dienone is 2. The van der Waals surface area contributed by atoms with Crippen molar-refractivity contribution in [3.05, 3.63) is 70.3 Å². The van der Waals surface area contributed by atoms with Crippen LogP contribution in [0.2, 0.25) is 0 Å². The van der Waals surface area contributed by atoms with Crippen LogP contribution in [0, 0.1) is 0 Å². The summed E-state index contributed by atoms with van der Waals surface area (Å²) >= 11 is 6.37. The first-order chi connectivity index (χ1) is 21.6. The van der Waals surface area contributed by atoms with Gasteiger partial charge in [-0.2, -0.15) is 0 Å². The van der Waals surface area contributed by atoms with Crippen LogP contribution in [0.1, 0.15) is 28.4 Å². The predicted molar refractivity (Wildman–Crippen MR) is 176 cm³/mol. The van der Waals surface area contributed by atoms with Crippen LogP contribution in [0.5, 0.6) is 40.2 Å². The summed E-state index contributed by atoms with van der Waals surface area (Å²) in [7, 11) is 13.1. The number of hydrogen-bond acceptors (Lipinski definition) is 10. The normalized spacial score (nSPS) is 10.4. The number of benzene rings is 3. The van der Waals surface area contributed by atoms with Gasteiger partial charge in [0.25, 0.3) is 0 Å². The highest BCUT2D eigenvalue weighted by atomic mass is 35.5. The number of Topliss-reactive ketones (excluding diaryl/α,β-unsaturated/α-hetero) is 1. The molecule has 242 valence electrons. The van der Waals surface area contributed by atoms with Crippen molar-refractivity contribution < 1.29 is 42.7 Å². The van der Waals surface area contributed by atoms with Crippen LogP contribution in [0.3, 0.4) is 0 Å².